The van der Waals surface area contributed by atoms with E-state index in [0.29, 0.717) is 19.3 Å². The molecule has 83 heavy (non-hydrogen) atoms. The Kier molecular flexibility index (Phi) is 67.2. The van der Waals surface area contributed by atoms with Crippen LogP contribution >= 0.6 is 0 Å². The molecule has 0 radical (unpaired) electrons. The first-order valence-electron chi connectivity index (χ1n) is 35.4. The molecular formula is C77H132O6. The molecule has 0 saturated carbocycles. The van der Waals surface area contributed by atoms with Gasteiger partial charge in [0.15, 0.2) is 6.10 Å². The summed E-state index contributed by atoms with van der Waals surface area (Å²) in [6.45, 7) is 6.46. The second-order valence-electron chi connectivity index (χ2n) is 23.4. The van der Waals surface area contributed by atoms with Gasteiger partial charge in [-0.2, -0.15) is 0 Å². The van der Waals surface area contributed by atoms with Gasteiger partial charge in [-0.15, -0.1) is 0 Å². The monoisotopic (exact) mass is 1150 g/mol. The van der Waals surface area contributed by atoms with Crippen LogP contribution in [0.3, 0.4) is 0 Å². The molecule has 0 fully saturated rings. The van der Waals surface area contributed by atoms with Crippen molar-refractivity contribution < 1.29 is 28.6 Å². The number of rotatable bonds is 64. The molecule has 0 N–H and O–H groups in total. The fraction of sp³-hybridized carbons (Fsp3) is 0.727. The van der Waals surface area contributed by atoms with Gasteiger partial charge in [-0.1, -0.05) is 310 Å². The molecule has 0 aliphatic heterocycles. The quantitative estimate of drug-likeness (QED) is 0.0261. The molecule has 0 amide bonds. The zero-order valence-corrected chi connectivity index (χ0v) is 54.7. The summed E-state index contributed by atoms with van der Waals surface area (Å²) in [6, 6.07) is 0. The number of esters is 3. The molecule has 1 unspecified atom stereocenters. The molecule has 0 aliphatic rings. The van der Waals surface area contributed by atoms with Crippen molar-refractivity contribution in [1.29, 1.82) is 0 Å². The van der Waals surface area contributed by atoms with Gasteiger partial charge in [-0.05, 0) is 122 Å². The van der Waals surface area contributed by atoms with E-state index < -0.39 is 6.10 Å². The third-order valence-corrected chi connectivity index (χ3v) is 15.2. The van der Waals surface area contributed by atoms with Gasteiger partial charge >= 0.3 is 17.9 Å². The fourth-order valence-corrected chi connectivity index (χ4v) is 9.95. The highest BCUT2D eigenvalue weighted by Gasteiger charge is 2.19. The van der Waals surface area contributed by atoms with E-state index in [-0.39, 0.29) is 31.1 Å². The van der Waals surface area contributed by atoms with Gasteiger partial charge in [0.25, 0.3) is 0 Å². The number of hydrogen-bond acceptors (Lipinski definition) is 6. The van der Waals surface area contributed by atoms with Crippen LogP contribution in [-0.2, 0) is 28.6 Å². The molecule has 6 nitrogen and oxygen atoms in total. The normalized spacial score (nSPS) is 12.8. The molecule has 0 saturated heterocycles. The molecular weight excluding hydrogens is 1020 g/mol. The lowest BCUT2D eigenvalue weighted by Crippen LogP contribution is -2.30. The summed E-state index contributed by atoms with van der Waals surface area (Å²) < 4.78 is 17.0. The Morgan fingerprint density at radius 3 is 0.783 bits per heavy atom. The van der Waals surface area contributed by atoms with E-state index in [4.69, 9.17) is 14.2 Å². The molecule has 0 aromatic heterocycles. The van der Waals surface area contributed by atoms with Crippen molar-refractivity contribution in [3.63, 3.8) is 0 Å². The molecule has 0 aromatic rings. The Labute approximate surface area is 514 Å². The van der Waals surface area contributed by atoms with Gasteiger partial charge in [0.1, 0.15) is 13.2 Å². The van der Waals surface area contributed by atoms with E-state index in [9.17, 15) is 14.4 Å². The molecule has 0 spiro atoms. The van der Waals surface area contributed by atoms with Crippen molar-refractivity contribution in [2.24, 2.45) is 0 Å². The predicted molar refractivity (Wildman–Crippen MR) is 362 cm³/mol. The van der Waals surface area contributed by atoms with Crippen LogP contribution in [-0.4, -0.2) is 37.2 Å². The molecule has 0 heterocycles. The van der Waals surface area contributed by atoms with E-state index in [0.717, 1.165) is 141 Å². The van der Waals surface area contributed by atoms with Crippen molar-refractivity contribution in [1.82, 2.24) is 0 Å². The molecule has 0 bridgehead atoms. The van der Waals surface area contributed by atoms with Crippen LogP contribution < -0.4 is 0 Å². The molecule has 1 atom stereocenters. The summed E-state index contributed by atoms with van der Waals surface area (Å²) in [6.07, 6.45) is 96.9. The standard InChI is InChI=1S/C77H132O6/c1-4-7-10-13-16-19-22-25-27-29-31-33-34-35-36-37-38-39-40-41-42-44-45-47-49-52-55-58-61-64-67-70-76(79)82-73-74(72-81-75(78)69-66-63-60-57-54-51-24-21-18-15-12-9-6-3)83-77(80)71-68-65-62-59-56-53-50-48-46-43-32-30-28-26-23-20-17-14-11-8-5-2/h7,10,12,15-16,19,21,23-27,30-33,46,48,74H,4-6,8-9,11,13-14,17-18,20,22,28-29,34-45,47,49-73H2,1-3H3/b10-7-,15-12-,19-16-,24-21-,26-23-,27-25-,32-30-,33-31-,48-46-. The molecule has 0 rings (SSSR count). The molecule has 0 aliphatic carbocycles. The van der Waals surface area contributed by atoms with Crippen LogP contribution in [0.25, 0.3) is 0 Å². The van der Waals surface area contributed by atoms with Crippen LogP contribution in [0.5, 0.6) is 0 Å². The first-order valence-corrected chi connectivity index (χ1v) is 35.4. The molecule has 0 aromatic carbocycles. The van der Waals surface area contributed by atoms with Crippen LogP contribution in [0.1, 0.15) is 342 Å². The second-order valence-corrected chi connectivity index (χ2v) is 23.4. The van der Waals surface area contributed by atoms with Crippen molar-refractivity contribution in [3.05, 3.63) is 109 Å². The van der Waals surface area contributed by atoms with Crippen LogP contribution in [0.15, 0.2) is 109 Å². The van der Waals surface area contributed by atoms with Crippen molar-refractivity contribution in [2.45, 2.75) is 348 Å². The smallest absolute Gasteiger partial charge is 0.306 e. The second kappa shape index (κ2) is 70.6. The topological polar surface area (TPSA) is 78.9 Å². The van der Waals surface area contributed by atoms with E-state index >= 15 is 0 Å². The van der Waals surface area contributed by atoms with E-state index in [1.54, 1.807) is 0 Å². The summed E-state index contributed by atoms with van der Waals surface area (Å²) in [5, 5.41) is 0. The third kappa shape index (κ3) is 68.7. The van der Waals surface area contributed by atoms with Gasteiger partial charge in [0.2, 0.25) is 0 Å². The first kappa shape index (κ1) is 79.1. The summed E-state index contributed by atoms with van der Waals surface area (Å²) in [5.74, 6) is -0.900. The average molecular weight is 1150 g/mol. The van der Waals surface area contributed by atoms with Crippen LogP contribution in [0.2, 0.25) is 0 Å². The van der Waals surface area contributed by atoms with Crippen molar-refractivity contribution in [2.75, 3.05) is 13.2 Å². The Balaban J connectivity index is 4.24. The predicted octanol–water partition coefficient (Wildman–Crippen LogP) is 24.6. The lowest BCUT2D eigenvalue weighted by Gasteiger charge is -2.18. The van der Waals surface area contributed by atoms with E-state index in [2.05, 4.69) is 130 Å². The molecule has 6 heteroatoms. The highest BCUT2D eigenvalue weighted by atomic mass is 16.6. The Morgan fingerprint density at radius 2 is 0.494 bits per heavy atom. The largest absolute Gasteiger partial charge is 0.462 e. The Bertz CT molecular complexity index is 1660. The summed E-state index contributed by atoms with van der Waals surface area (Å²) >= 11 is 0. The van der Waals surface area contributed by atoms with Gasteiger partial charge in [-0.25, -0.2) is 0 Å². The molecule has 476 valence electrons. The lowest BCUT2D eigenvalue weighted by molar-refractivity contribution is -0.167. The summed E-state index contributed by atoms with van der Waals surface area (Å²) in [7, 11) is 0. The minimum atomic E-state index is -0.792. The number of carbonyl (C=O) groups excluding carboxylic acids is 3. The SMILES string of the molecule is CC/C=C\C/C=C\C/C=C\C/C=C\CCCCCCCCCCCCCCCCCCCCC(=O)OCC(COC(=O)CCCCCCC/C=C\C/C=C\CCC)OC(=O)CCCCCCCC/C=C\C/C=C\C/C=C\CCCCCCC. The van der Waals surface area contributed by atoms with E-state index in [1.807, 2.05) is 0 Å². The van der Waals surface area contributed by atoms with E-state index in [1.165, 1.54) is 161 Å². The lowest BCUT2D eigenvalue weighted by atomic mass is 10.0. The van der Waals surface area contributed by atoms with Crippen LogP contribution in [0, 0.1) is 0 Å². The number of allylic oxidation sites excluding steroid dienone is 18. The number of unbranched alkanes of at least 4 members (excludes halogenated alkanes) is 35. The highest BCUT2D eigenvalue weighted by molar-refractivity contribution is 5.71. The highest BCUT2D eigenvalue weighted by Crippen LogP contribution is 2.17. The summed E-state index contributed by atoms with van der Waals surface area (Å²) in [5.41, 5.74) is 0. The fourth-order valence-electron chi connectivity index (χ4n) is 9.95. The maximum absolute atomic E-state index is 12.9. The average Bonchev–Trinajstić information content (AvgIpc) is 3.49. The Hall–Kier alpha value is -3.93. The number of carbonyl (C=O) groups is 3. The zero-order valence-electron chi connectivity index (χ0n) is 54.7. The van der Waals surface area contributed by atoms with Gasteiger partial charge in [0, 0.05) is 19.3 Å². The van der Waals surface area contributed by atoms with Gasteiger partial charge in [0.05, 0.1) is 0 Å². The van der Waals surface area contributed by atoms with Crippen molar-refractivity contribution in [3.8, 4) is 0 Å². The minimum Gasteiger partial charge on any atom is -0.462 e. The van der Waals surface area contributed by atoms with Crippen molar-refractivity contribution >= 4 is 17.9 Å². The maximum Gasteiger partial charge on any atom is 0.306 e. The zero-order chi connectivity index (χ0) is 59.9. The van der Waals surface area contributed by atoms with Gasteiger partial charge in [-0.3, -0.25) is 14.4 Å². The maximum atomic E-state index is 12.9. The first-order chi connectivity index (χ1) is 41.0. The Morgan fingerprint density at radius 1 is 0.253 bits per heavy atom. The minimum absolute atomic E-state index is 0.0860. The van der Waals surface area contributed by atoms with Gasteiger partial charge < -0.3 is 14.2 Å². The third-order valence-electron chi connectivity index (χ3n) is 15.2. The number of hydrogen-bond donors (Lipinski definition) is 0. The van der Waals surface area contributed by atoms with Crippen LogP contribution in [0.4, 0.5) is 0 Å². The number of ether oxygens (including phenoxy) is 3. The summed E-state index contributed by atoms with van der Waals surface area (Å²) in [4.78, 5) is 38.4.